The van der Waals surface area contributed by atoms with Crippen LogP contribution in [-0.4, -0.2) is 51.8 Å². The molecule has 40 heavy (non-hydrogen) atoms. The van der Waals surface area contributed by atoms with Crippen LogP contribution in [0.5, 0.6) is 0 Å². The average molecular weight is 538 g/mol. The van der Waals surface area contributed by atoms with E-state index in [0.29, 0.717) is 18.2 Å². The molecule has 0 atom stereocenters. The third kappa shape index (κ3) is 4.95. The number of fused-ring (bicyclic) bond motifs is 2. The zero-order valence-electron chi connectivity index (χ0n) is 23.1. The van der Waals surface area contributed by atoms with Crippen molar-refractivity contribution in [3.05, 3.63) is 72.4 Å². The van der Waals surface area contributed by atoms with Crippen LogP contribution in [0.25, 0.3) is 39.3 Å². The van der Waals surface area contributed by atoms with Crippen molar-refractivity contribution in [1.29, 1.82) is 0 Å². The smallest absolute Gasteiger partial charge is 0.337 e. The van der Waals surface area contributed by atoms with Crippen LogP contribution in [0.2, 0.25) is 0 Å². The molecule has 1 fully saturated rings. The second kappa shape index (κ2) is 11.5. The number of anilines is 1. The summed E-state index contributed by atoms with van der Waals surface area (Å²) in [4.78, 5) is 22.5. The Morgan fingerprint density at radius 1 is 1.00 bits per heavy atom. The number of imidazole rings is 2. The number of esters is 1. The normalized spacial score (nSPS) is 14.2. The number of hydrogen-bond donors (Lipinski definition) is 1. The second-order valence-electron chi connectivity index (χ2n) is 10.4. The van der Waals surface area contributed by atoms with Gasteiger partial charge in [-0.1, -0.05) is 49.6 Å². The van der Waals surface area contributed by atoms with E-state index in [1.807, 2.05) is 12.1 Å². The zero-order valence-corrected chi connectivity index (χ0v) is 23.1. The molecule has 0 spiro atoms. The van der Waals surface area contributed by atoms with E-state index in [9.17, 15) is 4.79 Å². The number of nitrogens with one attached hydrogen (secondary N) is 1. The topological polar surface area (TPSA) is 82.7 Å². The van der Waals surface area contributed by atoms with Gasteiger partial charge in [0.1, 0.15) is 23.0 Å². The summed E-state index contributed by atoms with van der Waals surface area (Å²) < 4.78 is 14.7. The molecular formula is C32H35N5O3. The van der Waals surface area contributed by atoms with Gasteiger partial charge < -0.3 is 19.4 Å². The van der Waals surface area contributed by atoms with E-state index in [4.69, 9.17) is 19.4 Å². The van der Waals surface area contributed by atoms with Crippen molar-refractivity contribution in [1.82, 2.24) is 18.9 Å². The Bertz CT molecular complexity index is 1630. The van der Waals surface area contributed by atoms with Crippen molar-refractivity contribution in [2.45, 2.75) is 51.1 Å². The monoisotopic (exact) mass is 537 g/mol. The van der Waals surface area contributed by atoms with E-state index < -0.39 is 0 Å². The number of methoxy groups -OCH3 is 2. The lowest BCUT2D eigenvalue weighted by Crippen LogP contribution is -2.23. The number of aromatic nitrogens is 4. The van der Waals surface area contributed by atoms with Gasteiger partial charge in [-0.25, -0.2) is 14.8 Å². The maximum atomic E-state index is 12.2. The maximum absolute atomic E-state index is 12.2. The van der Waals surface area contributed by atoms with Gasteiger partial charge in [-0.05, 0) is 49.6 Å². The van der Waals surface area contributed by atoms with E-state index in [-0.39, 0.29) is 5.97 Å². The first-order valence-electron chi connectivity index (χ1n) is 14.1. The minimum Gasteiger partial charge on any atom is -0.465 e. The summed E-state index contributed by atoms with van der Waals surface area (Å²) in [6, 6.07) is 20.5. The van der Waals surface area contributed by atoms with Crippen LogP contribution in [0.15, 0.2) is 66.9 Å². The van der Waals surface area contributed by atoms with Crippen LogP contribution < -0.4 is 5.32 Å². The third-order valence-electron chi connectivity index (χ3n) is 7.78. The molecule has 0 amide bonds. The first-order valence-corrected chi connectivity index (χ1v) is 14.1. The molecule has 1 saturated carbocycles. The highest BCUT2D eigenvalue weighted by Gasteiger charge is 2.23. The molecule has 0 saturated heterocycles. The Kier molecular flexibility index (Phi) is 7.51. The van der Waals surface area contributed by atoms with Crippen LogP contribution >= 0.6 is 0 Å². The molecule has 0 bridgehead atoms. The number of hydrogen-bond acceptors (Lipinski definition) is 6. The molecule has 6 rings (SSSR count). The Hall–Kier alpha value is -4.17. The average Bonchev–Trinajstić information content (AvgIpc) is 3.56. The molecule has 5 aromatic rings. The van der Waals surface area contributed by atoms with Gasteiger partial charge in [-0.3, -0.25) is 4.40 Å². The van der Waals surface area contributed by atoms with Crippen molar-refractivity contribution < 1.29 is 14.3 Å². The Labute approximate surface area is 234 Å². The number of pyridine rings is 1. The predicted octanol–water partition coefficient (Wildman–Crippen LogP) is 6.59. The summed E-state index contributed by atoms with van der Waals surface area (Å²) in [5.74, 6) is 1.45. The number of rotatable bonds is 9. The molecule has 1 aliphatic rings. The van der Waals surface area contributed by atoms with E-state index in [2.05, 4.69) is 56.9 Å². The molecule has 206 valence electrons. The largest absolute Gasteiger partial charge is 0.465 e. The Morgan fingerprint density at radius 3 is 2.60 bits per heavy atom. The summed E-state index contributed by atoms with van der Waals surface area (Å²) in [6.45, 7) is 1.36. The first-order chi connectivity index (χ1) is 19.7. The van der Waals surface area contributed by atoms with Gasteiger partial charge >= 0.3 is 5.97 Å². The number of carbonyl (C=O) groups excluding carboxylic acids is 1. The lowest BCUT2D eigenvalue weighted by Gasteiger charge is -2.24. The molecule has 3 heterocycles. The summed E-state index contributed by atoms with van der Waals surface area (Å²) in [7, 11) is 3.11. The van der Waals surface area contributed by atoms with Crippen molar-refractivity contribution in [3.8, 4) is 22.6 Å². The summed E-state index contributed by atoms with van der Waals surface area (Å²) in [5, 5.41) is 3.86. The van der Waals surface area contributed by atoms with Crippen molar-refractivity contribution in [3.63, 3.8) is 0 Å². The first kappa shape index (κ1) is 26.1. The molecule has 8 nitrogen and oxygen atoms in total. The highest BCUT2D eigenvalue weighted by molar-refractivity contribution is 5.95. The van der Waals surface area contributed by atoms with E-state index in [1.165, 1.54) is 39.2 Å². The van der Waals surface area contributed by atoms with Crippen LogP contribution in [0.1, 0.15) is 48.9 Å². The van der Waals surface area contributed by atoms with E-state index in [1.54, 1.807) is 19.2 Å². The molecule has 8 heteroatoms. The minimum absolute atomic E-state index is 0.376. The SMILES string of the molecule is COCCCn1c(-c2cccn3c(NC4CCCCC4)c(-c4ccccc4)nc23)nc2cc(C(=O)OC)ccc21. The highest BCUT2D eigenvalue weighted by Crippen LogP contribution is 2.36. The Balaban J connectivity index is 1.53. The molecular weight excluding hydrogens is 502 g/mol. The van der Waals surface area contributed by atoms with Gasteiger partial charge in [0.15, 0.2) is 0 Å². The number of benzene rings is 2. The highest BCUT2D eigenvalue weighted by atomic mass is 16.5. The van der Waals surface area contributed by atoms with Crippen LogP contribution in [0.4, 0.5) is 5.82 Å². The van der Waals surface area contributed by atoms with Crippen LogP contribution in [0, 0.1) is 0 Å². The number of carbonyl (C=O) groups is 1. The molecule has 0 aliphatic heterocycles. The molecule has 1 aliphatic carbocycles. The van der Waals surface area contributed by atoms with Crippen molar-refractivity contribution >= 4 is 28.5 Å². The van der Waals surface area contributed by atoms with Crippen molar-refractivity contribution in [2.75, 3.05) is 26.1 Å². The van der Waals surface area contributed by atoms with Gasteiger partial charge in [0.05, 0.1) is 29.3 Å². The minimum atomic E-state index is -0.376. The van der Waals surface area contributed by atoms with Gasteiger partial charge in [0, 0.05) is 38.1 Å². The van der Waals surface area contributed by atoms with Gasteiger partial charge in [-0.15, -0.1) is 0 Å². The standard InChI is InChI=1S/C32H35N5O3/c1-39-20-10-19-36-27-17-16-23(32(38)40-2)21-26(27)34-29(36)25-15-9-18-37-30(25)35-28(22-11-5-3-6-12-22)31(37)33-24-13-7-4-8-14-24/h3,5-6,9,11-12,15-18,21,24,33H,4,7-8,10,13-14,19-20H2,1-2H3. The number of aryl methyl sites for hydroxylation is 1. The lowest BCUT2D eigenvalue weighted by molar-refractivity contribution is 0.0601. The fourth-order valence-electron chi connectivity index (χ4n) is 5.79. The van der Waals surface area contributed by atoms with Gasteiger partial charge in [0.2, 0.25) is 0 Å². The lowest BCUT2D eigenvalue weighted by atomic mass is 9.95. The van der Waals surface area contributed by atoms with Crippen LogP contribution in [0.3, 0.4) is 0 Å². The number of nitrogens with zero attached hydrogens (tertiary/aromatic N) is 4. The maximum Gasteiger partial charge on any atom is 0.337 e. The van der Waals surface area contributed by atoms with Gasteiger partial charge in [0.25, 0.3) is 0 Å². The molecule has 3 aromatic heterocycles. The Morgan fingerprint density at radius 2 is 1.82 bits per heavy atom. The quantitative estimate of drug-likeness (QED) is 0.169. The van der Waals surface area contributed by atoms with E-state index >= 15 is 0 Å². The van der Waals surface area contributed by atoms with E-state index in [0.717, 1.165) is 58.1 Å². The fourth-order valence-corrected chi connectivity index (χ4v) is 5.79. The molecule has 1 N–H and O–H groups in total. The van der Waals surface area contributed by atoms with Crippen molar-refractivity contribution in [2.24, 2.45) is 0 Å². The molecule has 0 unspecified atom stereocenters. The predicted molar refractivity (Wildman–Crippen MR) is 158 cm³/mol. The summed E-state index contributed by atoms with van der Waals surface area (Å²) >= 11 is 0. The third-order valence-corrected chi connectivity index (χ3v) is 7.78. The molecule has 0 radical (unpaired) electrons. The van der Waals surface area contributed by atoms with Crippen LogP contribution in [-0.2, 0) is 16.0 Å². The summed E-state index contributed by atoms with van der Waals surface area (Å²) in [6.07, 6.45) is 9.04. The summed E-state index contributed by atoms with van der Waals surface area (Å²) in [5.41, 5.74) is 5.97. The second-order valence-corrected chi connectivity index (χ2v) is 10.4. The fraction of sp³-hybridized carbons (Fsp3) is 0.344. The zero-order chi connectivity index (χ0) is 27.5. The van der Waals surface area contributed by atoms with Gasteiger partial charge in [-0.2, -0.15) is 0 Å². The molecule has 2 aromatic carbocycles. The number of ether oxygens (including phenoxy) is 2.